The summed E-state index contributed by atoms with van der Waals surface area (Å²) in [6.07, 6.45) is 1.01. The van der Waals surface area contributed by atoms with E-state index in [4.69, 9.17) is 11.6 Å². The second-order valence-electron chi connectivity index (χ2n) is 8.76. The third-order valence-corrected chi connectivity index (χ3v) is 5.85. The Labute approximate surface area is 199 Å². The first-order valence-corrected chi connectivity index (χ1v) is 12.4. The van der Waals surface area contributed by atoms with Crippen LogP contribution >= 0.6 is 11.6 Å². The number of nitrogens with one attached hydrogen (secondary N) is 2. The number of sulfonamides is 1. The summed E-state index contributed by atoms with van der Waals surface area (Å²) in [5.41, 5.74) is 2.82. The van der Waals surface area contributed by atoms with E-state index in [-0.39, 0.29) is 27.5 Å². The largest absolute Gasteiger partial charge is 0.322 e. The summed E-state index contributed by atoms with van der Waals surface area (Å²) in [4.78, 5) is 25.7. The average Bonchev–Trinajstić information content (AvgIpc) is 2.73. The van der Waals surface area contributed by atoms with Gasteiger partial charge in [-0.1, -0.05) is 68.8 Å². The van der Waals surface area contributed by atoms with Crippen LogP contribution in [0.15, 0.2) is 66.7 Å². The zero-order valence-corrected chi connectivity index (χ0v) is 20.3. The van der Waals surface area contributed by atoms with Crippen molar-refractivity contribution in [2.75, 3.05) is 16.3 Å². The predicted octanol–water partition coefficient (Wildman–Crippen LogP) is 5.49. The molecule has 0 radical (unpaired) electrons. The molecule has 0 aliphatic carbocycles. The number of rotatable bonds is 6. The summed E-state index contributed by atoms with van der Waals surface area (Å²) in [5.74, 6) is -0.694. The molecule has 33 heavy (non-hydrogen) atoms. The SMILES string of the molecule is CC(C)(C)c1ccc(C(=O)c2cccc(NC(=O)c3cc(NS(C)(=O)=O)ccc3Cl)c2)cc1. The van der Waals surface area contributed by atoms with E-state index in [1.54, 1.807) is 36.4 Å². The molecule has 0 bridgehead atoms. The predicted molar refractivity (Wildman–Crippen MR) is 133 cm³/mol. The first kappa shape index (κ1) is 24.5. The van der Waals surface area contributed by atoms with Crippen molar-refractivity contribution in [1.29, 1.82) is 0 Å². The van der Waals surface area contributed by atoms with E-state index in [2.05, 4.69) is 30.8 Å². The number of carbonyl (C=O) groups is 2. The number of hydrogen-bond acceptors (Lipinski definition) is 4. The Hall–Kier alpha value is -3.16. The van der Waals surface area contributed by atoms with Crippen molar-refractivity contribution in [3.8, 4) is 0 Å². The first-order chi connectivity index (χ1) is 15.3. The van der Waals surface area contributed by atoms with Crippen LogP contribution in [0.2, 0.25) is 5.02 Å². The normalized spacial score (nSPS) is 11.7. The fourth-order valence-electron chi connectivity index (χ4n) is 3.20. The Bertz CT molecular complexity index is 1310. The number of hydrogen-bond donors (Lipinski definition) is 2. The number of amides is 1. The molecule has 1 amide bonds. The molecule has 0 aromatic heterocycles. The summed E-state index contributed by atoms with van der Waals surface area (Å²) in [5, 5.41) is 2.88. The van der Waals surface area contributed by atoms with Gasteiger partial charge in [-0.3, -0.25) is 14.3 Å². The van der Waals surface area contributed by atoms with Gasteiger partial charge in [0, 0.05) is 22.5 Å². The van der Waals surface area contributed by atoms with Crippen LogP contribution in [0.3, 0.4) is 0 Å². The molecule has 3 aromatic carbocycles. The van der Waals surface area contributed by atoms with Crippen molar-refractivity contribution in [3.63, 3.8) is 0 Å². The topological polar surface area (TPSA) is 92.3 Å². The highest BCUT2D eigenvalue weighted by Gasteiger charge is 2.17. The second-order valence-corrected chi connectivity index (χ2v) is 10.9. The van der Waals surface area contributed by atoms with Crippen LogP contribution in [0.5, 0.6) is 0 Å². The van der Waals surface area contributed by atoms with Crippen molar-refractivity contribution >= 4 is 44.7 Å². The van der Waals surface area contributed by atoms with Gasteiger partial charge in [-0.15, -0.1) is 0 Å². The van der Waals surface area contributed by atoms with Crippen LogP contribution in [0, 0.1) is 0 Å². The smallest absolute Gasteiger partial charge is 0.257 e. The summed E-state index contributed by atoms with van der Waals surface area (Å²) in [6.45, 7) is 6.32. The van der Waals surface area contributed by atoms with Gasteiger partial charge in [0.1, 0.15) is 0 Å². The van der Waals surface area contributed by atoms with Gasteiger partial charge in [0.2, 0.25) is 10.0 Å². The number of halogens is 1. The van der Waals surface area contributed by atoms with E-state index in [0.29, 0.717) is 16.8 Å². The molecule has 0 heterocycles. The van der Waals surface area contributed by atoms with Gasteiger partial charge in [-0.05, 0) is 41.3 Å². The Morgan fingerprint density at radius 2 is 1.52 bits per heavy atom. The van der Waals surface area contributed by atoms with Crippen molar-refractivity contribution in [3.05, 3.63) is 94.0 Å². The molecular formula is C25H25ClN2O4S. The van der Waals surface area contributed by atoms with Gasteiger partial charge in [0.15, 0.2) is 5.78 Å². The van der Waals surface area contributed by atoms with Crippen LogP contribution in [0.4, 0.5) is 11.4 Å². The molecule has 172 valence electrons. The fraction of sp³-hybridized carbons (Fsp3) is 0.200. The molecule has 6 nitrogen and oxygen atoms in total. The van der Waals surface area contributed by atoms with Gasteiger partial charge in [0.25, 0.3) is 5.91 Å². The third-order valence-electron chi connectivity index (χ3n) is 4.91. The molecule has 0 atom stereocenters. The second kappa shape index (κ2) is 9.37. The maximum absolute atomic E-state index is 12.9. The van der Waals surface area contributed by atoms with Gasteiger partial charge >= 0.3 is 0 Å². The summed E-state index contributed by atoms with van der Waals surface area (Å²) in [6, 6.07) is 18.3. The van der Waals surface area contributed by atoms with E-state index in [1.807, 2.05) is 12.1 Å². The van der Waals surface area contributed by atoms with Crippen molar-refractivity contribution in [2.45, 2.75) is 26.2 Å². The highest BCUT2D eigenvalue weighted by Crippen LogP contribution is 2.25. The van der Waals surface area contributed by atoms with E-state index >= 15 is 0 Å². The maximum Gasteiger partial charge on any atom is 0.257 e. The summed E-state index contributed by atoms with van der Waals surface area (Å²) < 4.78 is 25.2. The van der Waals surface area contributed by atoms with Crippen LogP contribution in [0.25, 0.3) is 0 Å². The van der Waals surface area contributed by atoms with E-state index in [0.717, 1.165) is 11.8 Å². The van der Waals surface area contributed by atoms with E-state index in [9.17, 15) is 18.0 Å². The molecule has 0 fully saturated rings. The third kappa shape index (κ3) is 6.43. The summed E-state index contributed by atoms with van der Waals surface area (Å²) in [7, 11) is -3.51. The molecule has 0 aliphatic heterocycles. The minimum absolute atomic E-state index is 0.0127. The van der Waals surface area contributed by atoms with Crippen LogP contribution in [-0.4, -0.2) is 26.4 Å². The number of ketones is 1. The molecule has 8 heteroatoms. The van der Waals surface area contributed by atoms with Crippen molar-refractivity contribution < 1.29 is 18.0 Å². The highest BCUT2D eigenvalue weighted by molar-refractivity contribution is 7.92. The van der Waals surface area contributed by atoms with E-state index < -0.39 is 15.9 Å². The molecule has 2 N–H and O–H groups in total. The fourth-order valence-corrected chi connectivity index (χ4v) is 3.96. The lowest BCUT2D eigenvalue weighted by molar-refractivity contribution is 0.102. The zero-order chi connectivity index (χ0) is 24.4. The van der Waals surface area contributed by atoms with Crippen molar-refractivity contribution in [2.24, 2.45) is 0 Å². The minimum atomic E-state index is -3.51. The molecule has 0 saturated carbocycles. The summed E-state index contributed by atoms with van der Waals surface area (Å²) >= 11 is 6.14. The molecule has 3 aromatic rings. The Balaban J connectivity index is 1.81. The molecule has 0 spiro atoms. The Morgan fingerprint density at radius 1 is 0.848 bits per heavy atom. The average molecular weight is 485 g/mol. The zero-order valence-electron chi connectivity index (χ0n) is 18.8. The minimum Gasteiger partial charge on any atom is -0.322 e. The van der Waals surface area contributed by atoms with E-state index in [1.165, 1.54) is 18.2 Å². The maximum atomic E-state index is 12.9. The number of anilines is 2. The lowest BCUT2D eigenvalue weighted by Crippen LogP contribution is -2.15. The first-order valence-electron chi connectivity index (χ1n) is 10.2. The van der Waals surface area contributed by atoms with Crippen LogP contribution in [0.1, 0.15) is 52.6 Å². The van der Waals surface area contributed by atoms with Gasteiger partial charge < -0.3 is 5.32 Å². The quantitative estimate of drug-likeness (QED) is 0.452. The molecule has 0 unspecified atom stereocenters. The molecular weight excluding hydrogens is 460 g/mol. The van der Waals surface area contributed by atoms with Gasteiger partial charge in [-0.25, -0.2) is 8.42 Å². The van der Waals surface area contributed by atoms with Gasteiger partial charge in [-0.2, -0.15) is 0 Å². The van der Waals surface area contributed by atoms with Crippen LogP contribution < -0.4 is 10.0 Å². The lowest BCUT2D eigenvalue weighted by Gasteiger charge is -2.19. The lowest BCUT2D eigenvalue weighted by atomic mass is 9.86. The van der Waals surface area contributed by atoms with Gasteiger partial charge in [0.05, 0.1) is 16.8 Å². The Kier molecular flexibility index (Phi) is 6.95. The highest BCUT2D eigenvalue weighted by atomic mass is 35.5. The van der Waals surface area contributed by atoms with Crippen LogP contribution in [-0.2, 0) is 15.4 Å². The Morgan fingerprint density at radius 3 is 2.12 bits per heavy atom. The standard InChI is InChI=1S/C25H25ClN2O4S/c1-25(2,3)18-10-8-16(9-11-18)23(29)17-6-5-7-19(14-17)27-24(30)21-15-20(12-13-22(21)26)28-33(4,31)32/h5-15,28H,1-4H3,(H,27,30). The monoisotopic (exact) mass is 484 g/mol. The number of benzene rings is 3. The molecule has 0 aliphatic rings. The molecule has 3 rings (SSSR count). The van der Waals surface area contributed by atoms with Crippen molar-refractivity contribution in [1.82, 2.24) is 0 Å². The number of carbonyl (C=O) groups excluding carboxylic acids is 2. The molecule has 0 saturated heterocycles.